The van der Waals surface area contributed by atoms with E-state index in [-0.39, 0.29) is 39.6 Å². The van der Waals surface area contributed by atoms with Gasteiger partial charge in [-0.2, -0.15) is 14.4 Å². The number of ether oxygens (including phenoxy) is 3. The van der Waals surface area contributed by atoms with Crippen molar-refractivity contribution in [3.63, 3.8) is 0 Å². The van der Waals surface area contributed by atoms with Crippen molar-refractivity contribution in [2.45, 2.75) is 38.2 Å². The van der Waals surface area contributed by atoms with Crippen LogP contribution in [-0.2, 0) is 4.74 Å². The lowest BCUT2D eigenvalue weighted by atomic mass is 9.96. The first kappa shape index (κ1) is 21.7. The normalized spacial score (nSPS) is 24.3. The van der Waals surface area contributed by atoms with E-state index in [4.69, 9.17) is 32.4 Å². The highest BCUT2D eigenvalue weighted by atomic mass is 35.5. The molecule has 0 spiro atoms. The standard InChI is InChI=1S/C23H22ClFN4O4/c1-22(5-6-22)33-21(30)29-8-7-23(10-14(23)11-29)12-31-19-18(25)20(28-13-27-19)32-17-4-3-15(26-2)9-16(17)24/h3-4,9,13-14H,5-8,10-12H2,1H3. The first-order valence-electron chi connectivity index (χ1n) is 10.8. The molecule has 1 aromatic carbocycles. The molecule has 2 saturated carbocycles. The Labute approximate surface area is 195 Å². The minimum Gasteiger partial charge on any atom is -0.475 e. The molecule has 2 heterocycles. The van der Waals surface area contributed by atoms with Crippen molar-refractivity contribution >= 4 is 23.4 Å². The van der Waals surface area contributed by atoms with E-state index in [0.717, 1.165) is 32.0 Å². The number of fused-ring (bicyclic) bond motifs is 1. The maximum absolute atomic E-state index is 14.9. The fourth-order valence-electron chi connectivity index (χ4n) is 4.15. The summed E-state index contributed by atoms with van der Waals surface area (Å²) in [6.07, 6.45) is 4.43. The van der Waals surface area contributed by atoms with Crippen LogP contribution in [0.1, 0.15) is 32.6 Å². The third kappa shape index (κ3) is 4.40. The van der Waals surface area contributed by atoms with Gasteiger partial charge in [-0.05, 0) is 50.7 Å². The van der Waals surface area contributed by atoms with Gasteiger partial charge in [0.15, 0.2) is 5.69 Å². The number of carbonyl (C=O) groups is 1. The van der Waals surface area contributed by atoms with E-state index < -0.39 is 5.82 Å². The maximum atomic E-state index is 14.9. The Morgan fingerprint density at radius 3 is 2.82 bits per heavy atom. The summed E-state index contributed by atoms with van der Waals surface area (Å²) < 4.78 is 31.7. The van der Waals surface area contributed by atoms with E-state index in [1.165, 1.54) is 18.2 Å². The van der Waals surface area contributed by atoms with E-state index in [1.54, 1.807) is 4.90 Å². The Morgan fingerprint density at radius 2 is 2.12 bits per heavy atom. The molecule has 0 radical (unpaired) electrons. The van der Waals surface area contributed by atoms with Gasteiger partial charge in [0.2, 0.25) is 5.82 Å². The Morgan fingerprint density at radius 1 is 1.33 bits per heavy atom. The Bertz CT molecular complexity index is 1150. The van der Waals surface area contributed by atoms with E-state index >= 15 is 0 Å². The lowest BCUT2D eigenvalue weighted by Crippen LogP contribution is -2.42. The number of rotatable bonds is 6. The quantitative estimate of drug-likeness (QED) is 0.524. The summed E-state index contributed by atoms with van der Waals surface area (Å²) in [4.78, 5) is 25.2. The second-order valence-corrected chi connectivity index (χ2v) is 9.60. The predicted octanol–water partition coefficient (Wildman–Crippen LogP) is 5.39. The molecule has 1 aliphatic heterocycles. The summed E-state index contributed by atoms with van der Waals surface area (Å²) in [5.41, 5.74) is -0.0255. The highest BCUT2D eigenvalue weighted by molar-refractivity contribution is 6.32. The van der Waals surface area contributed by atoms with Gasteiger partial charge >= 0.3 is 6.09 Å². The molecule has 3 aliphatic rings. The second-order valence-electron chi connectivity index (χ2n) is 9.19. The van der Waals surface area contributed by atoms with Crippen LogP contribution in [-0.4, -0.2) is 46.3 Å². The predicted molar refractivity (Wildman–Crippen MR) is 116 cm³/mol. The molecule has 0 N–H and O–H groups in total. The van der Waals surface area contributed by atoms with Crippen LogP contribution in [0.5, 0.6) is 17.5 Å². The second kappa shape index (κ2) is 8.03. The molecule has 10 heteroatoms. The van der Waals surface area contributed by atoms with Gasteiger partial charge in [0.05, 0.1) is 18.2 Å². The molecular weight excluding hydrogens is 451 g/mol. The van der Waals surface area contributed by atoms with Gasteiger partial charge < -0.3 is 19.1 Å². The van der Waals surface area contributed by atoms with Gasteiger partial charge in [-0.3, -0.25) is 0 Å². The van der Waals surface area contributed by atoms with Gasteiger partial charge in [-0.15, -0.1) is 0 Å². The molecule has 3 fully saturated rings. The zero-order chi connectivity index (χ0) is 23.2. The van der Waals surface area contributed by atoms with Gasteiger partial charge in [0.1, 0.15) is 17.7 Å². The Balaban J connectivity index is 1.19. The number of benzene rings is 1. The average Bonchev–Trinajstić information content (AvgIpc) is 3.71. The molecule has 172 valence electrons. The average molecular weight is 473 g/mol. The van der Waals surface area contributed by atoms with E-state index in [0.29, 0.717) is 31.3 Å². The summed E-state index contributed by atoms with van der Waals surface area (Å²) in [6.45, 7) is 10.5. The fraction of sp³-hybridized carbons (Fsp3) is 0.478. The van der Waals surface area contributed by atoms with Gasteiger partial charge in [-0.1, -0.05) is 17.7 Å². The largest absolute Gasteiger partial charge is 0.475 e. The highest BCUT2D eigenvalue weighted by Gasteiger charge is 2.58. The lowest BCUT2D eigenvalue weighted by Gasteiger charge is -2.31. The van der Waals surface area contributed by atoms with E-state index in [9.17, 15) is 9.18 Å². The molecule has 2 aliphatic carbocycles. The number of carbonyl (C=O) groups excluding carboxylic acids is 1. The number of halogens is 2. The molecule has 1 aromatic heterocycles. The highest BCUT2D eigenvalue weighted by Crippen LogP contribution is 2.58. The van der Waals surface area contributed by atoms with Crippen LogP contribution in [0.4, 0.5) is 14.9 Å². The summed E-state index contributed by atoms with van der Waals surface area (Å²) in [6, 6.07) is 4.43. The van der Waals surface area contributed by atoms with E-state index in [2.05, 4.69) is 14.8 Å². The van der Waals surface area contributed by atoms with Gasteiger partial charge in [0.25, 0.3) is 11.8 Å². The van der Waals surface area contributed by atoms with Crippen LogP contribution in [0.3, 0.4) is 0 Å². The van der Waals surface area contributed by atoms with Crippen LogP contribution < -0.4 is 9.47 Å². The monoisotopic (exact) mass is 472 g/mol. The molecule has 1 saturated heterocycles. The van der Waals surface area contributed by atoms with Gasteiger partial charge in [0, 0.05) is 18.5 Å². The molecule has 8 nitrogen and oxygen atoms in total. The number of hydrogen-bond acceptors (Lipinski definition) is 6. The Kier molecular flexibility index (Phi) is 5.28. The minimum atomic E-state index is -0.824. The van der Waals surface area contributed by atoms with Crippen molar-refractivity contribution in [1.82, 2.24) is 14.9 Å². The first-order chi connectivity index (χ1) is 15.8. The van der Waals surface area contributed by atoms with Crippen molar-refractivity contribution in [1.29, 1.82) is 0 Å². The Hall–Kier alpha value is -3.12. The molecule has 33 heavy (non-hydrogen) atoms. The summed E-state index contributed by atoms with van der Waals surface area (Å²) in [5, 5.41) is 0.171. The zero-order valence-corrected chi connectivity index (χ0v) is 18.8. The molecular formula is C23H22ClFN4O4. The lowest BCUT2D eigenvalue weighted by molar-refractivity contribution is 0.0437. The fourth-order valence-corrected chi connectivity index (χ4v) is 4.36. The van der Waals surface area contributed by atoms with Crippen molar-refractivity contribution in [3.05, 3.63) is 46.8 Å². The smallest absolute Gasteiger partial charge is 0.410 e. The van der Waals surface area contributed by atoms with Crippen molar-refractivity contribution in [2.75, 3.05) is 19.7 Å². The van der Waals surface area contributed by atoms with Crippen LogP contribution >= 0.6 is 11.6 Å². The maximum Gasteiger partial charge on any atom is 0.410 e. The zero-order valence-electron chi connectivity index (χ0n) is 18.0. The summed E-state index contributed by atoms with van der Waals surface area (Å²) in [5.74, 6) is -0.861. The van der Waals surface area contributed by atoms with Crippen LogP contribution in [0.25, 0.3) is 4.85 Å². The molecule has 0 bridgehead atoms. The number of aromatic nitrogens is 2. The first-order valence-corrected chi connectivity index (χ1v) is 11.1. The molecule has 1 amide bonds. The van der Waals surface area contributed by atoms with Crippen LogP contribution in [0.2, 0.25) is 5.02 Å². The van der Waals surface area contributed by atoms with Crippen molar-refractivity contribution in [3.8, 4) is 17.5 Å². The topological polar surface area (TPSA) is 78.1 Å². The molecule has 5 rings (SSSR count). The SMILES string of the molecule is [C-]#[N+]c1ccc(Oc2ncnc(OCC34CCN(C(=O)OC5(C)CC5)CC3C4)c2F)c(Cl)c1. The molecule has 2 aromatic rings. The summed E-state index contributed by atoms with van der Waals surface area (Å²) in [7, 11) is 0. The summed E-state index contributed by atoms with van der Waals surface area (Å²) >= 11 is 6.11. The molecule has 2 atom stereocenters. The van der Waals surface area contributed by atoms with Crippen molar-refractivity contribution in [2.24, 2.45) is 11.3 Å². The van der Waals surface area contributed by atoms with E-state index in [1.807, 2.05) is 6.92 Å². The number of amides is 1. The number of piperidine rings is 1. The molecule has 2 unspecified atom stereocenters. The van der Waals surface area contributed by atoms with Crippen LogP contribution in [0.15, 0.2) is 24.5 Å². The number of nitrogens with zero attached hydrogens (tertiary/aromatic N) is 4. The van der Waals surface area contributed by atoms with Gasteiger partial charge in [-0.25, -0.2) is 9.64 Å². The minimum absolute atomic E-state index is 0.0857. The third-order valence-electron chi connectivity index (χ3n) is 6.70. The van der Waals surface area contributed by atoms with Crippen LogP contribution in [0, 0.1) is 23.7 Å². The number of likely N-dealkylation sites (tertiary alicyclic amines) is 1. The van der Waals surface area contributed by atoms with Crippen molar-refractivity contribution < 1.29 is 23.4 Å². The third-order valence-corrected chi connectivity index (χ3v) is 6.99. The number of hydrogen-bond donors (Lipinski definition) is 0.